The number of aliphatic hydroxyl groups excluding tert-OH is 1. The second-order valence-electron chi connectivity index (χ2n) is 4.64. The van der Waals surface area contributed by atoms with Gasteiger partial charge in [-0.3, -0.25) is 9.48 Å². The van der Waals surface area contributed by atoms with Crippen molar-refractivity contribution in [1.29, 1.82) is 0 Å². The van der Waals surface area contributed by atoms with Gasteiger partial charge in [-0.1, -0.05) is 0 Å². The molecule has 1 aromatic rings. The van der Waals surface area contributed by atoms with Gasteiger partial charge in [0.25, 0.3) is 5.91 Å². The van der Waals surface area contributed by atoms with Crippen LogP contribution in [-0.4, -0.2) is 33.9 Å². The monoisotopic (exact) mass is 223 g/mol. The average molecular weight is 223 g/mol. The summed E-state index contributed by atoms with van der Waals surface area (Å²) in [5.74, 6) is -0.122. The Labute approximate surface area is 94.5 Å². The summed E-state index contributed by atoms with van der Waals surface area (Å²) in [5.41, 5.74) is 1.34. The molecule has 1 amide bonds. The number of aryl methyl sites for hydroxylation is 2. The third-order valence-electron chi connectivity index (χ3n) is 3.15. The highest BCUT2D eigenvalue weighted by atomic mass is 16.3. The van der Waals surface area contributed by atoms with Gasteiger partial charge in [0.1, 0.15) is 5.69 Å². The largest absolute Gasteiger partial charge is 0.396 e. The van der Waals surface area contributed by atoms with Crippen LogP contribution >= 0.6 is 0 Å². The quantitative estimate of drug-likeness (QED) is 0.768. The molecule has 16 heavy (non-hydrogen) atoms. The van der Waals surface area contributed by atoms with Crippen LogP contribution in [0.15, 0.2) is 6.07 Å². The number of nitrogens with zero attached hydrogens (tertiary/aromatic N) is 2. The van der Waals surface area contributed by atoms with Gasteiger partial charge in [0.05, 0.1) is 12.3 Å². The molecule has 5 heteroatoms. The number of rotatable bonds is 4. The van der Waals surface area contributed by atoms with Crippen molar-refractivity contribution in [3.05, 3.63) is 17.5 Å². The third kappa shape index (κ3) is 2.09. The number of carbonyl (C=O) groups is 1. The SMILES string of the molecule is Cc1cc(C(=O)NCC2(CO)CC2)n(C)n1. The van der Waals surface area contributed by atoms with Gasteiger partial charge in [0, 0.05) is 19.0 Å². The smallest absolute Gasteiger partial charge is 0.269 e. The van der Waals surface area contributed by atoms with E-state index in [1.54, 1.807) is 17.8 Å². The minimum absolute atomic E-state index is 0.0523. The second-order valence-corrected chi connectivity index (χ2v) is 4.64. The molecule has 0 unspecified atom stereocenters. The molecule has 2 rings (SSSR count). The fourth-order valence-corrected chi connectivity index (χ4v) is 1.75. The molecule has 0 atom stereocenters. The van der Waals surface area contributed by atoms with Gasteiger partial charge >= 0.3 is 0 Å². The predicted molar refractivity (Wildman–Crippen MR) is 59.0 cm³/mol. The van der Waals surface area contributed by atoms with Gasteiger partial charge < -0.3 is 10.4 Å². The Morgan fingerprint density at radius 2 is 2.38 bits per heavy atom. The molecule has 0 spiro atoms. The van der Waals surface area contributed by atoms with E-state index in [1.807, 2.05) is 6.92 Å². The summed E-state index contributed by atoms with van der Waals surface area (Å²) in [6, 6.07) is 1.76. The molecule has 5 nitrogen and oxygen atoms in total. The molecule has 0 radical (unpaired) electrons. The lowest BCUT2D eigenvalue weighted by molar-refractivity contribution is 0.0926. The van der Waals surface area contributed by atoms with Crippen molar-refractivity contribution < 1.29 is 9.90 Å². The Morgan fingerprint density at radius 3 is 2.81 bits per heavy atom. The molecule has 0 saturated heterocycles. The van der Waals surface area contributed by atoms with Crippen LogP contribution in [0, 0.1) is 12.3 Å². The highest BCUT2D eigenvalue weighted by molar-refractivity contribution is 5.92. The van der Waals surface area contributed by atoms with Crippen LogP contribution in [0.2, 0.25) is 0 Å². The van der Waals surface area contributed by atoms with E-state index in [1.165, 1.54) is 0 Å². The van der Waals surface area contributed by atoms with Crippen molar-refractivity contribution in [2.75, 3.05) is 13.2 Å². The zero-order valence-electron chi connectivity index (χ0n) is 9.66. The summed E-state index contributed by atoms with van der Waals surface area (Å²) < 4.78 is 1.57. The molecular weight excluding hydrogens is 206 g/mol. The van der Waals surface area contributed by atoms with Gasteiger partial charge in [-0.15, -0.1) is 0 Å². The fourth-order valence-electron chi connectivity index (χ4n) is 1.75. The first-order chi connectivity index (χ1) is 7.56. The van der Waals surface area contributed by atoms with E-state index in [-0.39, 0.29) is 17.9 Å². The molecule has 2 N–H and O–H groups in total. The molecule has 1 aliphatic carbocycles. The maximum absolute atomic E-state index is 11.8. The Hall–Kier alpha value is -1.36. The molecular formula is C11H17N3O2. The lowest BCUT2D eigenvalue weighted by atomic mass is 10.1. The maximum atomic E-state index is 11.8. The van der Waals surface area contributed by atoms with Gasteiger partial charge in [0.15, 0.2) is 0 Å². The first kappa shape index (κ1) is 11.1. The number of nitrogens with one attached hydrogen (secondary N) is 1. The maximum Gasteiger partial charge on any atom is 0.269 e. The number of aromatic nitrogens is 2. The highest BCUT2D eigenvalue weighted by Crippen LogP contribution is 2.44. The second kappa shape index (κ2) is 3.90. The predicted octanol–water partition coefficient (Wildman–Crippen LogP) is 0.231. The molecule has 0 aromatic carbocycles. The van der Waals surface area contributed by atoms with E-state index in [9.17, 15) is 4.79 Å². The van der Waals surface area contributed by atoms with Gasteiger partial charge in [-0.2, -0.15) is 5.10 Å². The molecule has 0 bridgehead atoms. The number of hydrogen-bond acceptors (Lipinski definition) is 3. The Morgan fingerprint density at radius 1 is 1.69 bits per heavy atom. The number of amides is 1. The Balaban J connectivity index is 1.96. The zero-order valence-corrected chi connectivity index (χ0v) is 9.66. The molecule has 0 aliphatic heterocycles. The minimum Gasteiger partial charge on any atom is -0.396 e. The molecule has 88 valence electrons. The first-order valence-corrected chi connectivity index (χ1v) is 5.46. The molecule has 1 aliphatic rings. The van der Waals surface area contributed by atoms with Gasteiger partial charge in [-0.05, 0) is 25.8 Å². The van der Waals surface area contributed by atoms with E-state index in [0.717, 1.165) is 18.5 Å². The van der Waals surface area contributed by atoms with Crippen molar-refractivity contribution in [3.8, 4) is 0 Å². The van der Waals surface area contributed by atoms with Crippen LogP contribution in [-0.2, 0) is 7.05 Å². The lowest BCUT2D eigenvalue weighted by Gasteiger charge is -2.12. The van der Waals surface area contributed by atoms with Gasteiger partial charge in [0.2, 0.25) is 0 Å². The number of carbonyl (C=O) groups excluding carboxylic acids is 1. The third-order valence-corrected chi connectivity index (χ3v) is 3.15. The lowest BCUT2D eigenvalue weighted by Crippen LogP contribution is -2.32. The van der Waals surface area contributed by atoms with Crippen molar-refractivity contribution in [1.82, 2.24) is 15.1 Å². The van der Waals surface area contributed by atoms with Crippen LogP contribution in [0.3, 0.4) is 0 Å². The Kier molecular flexibility index (Phi) is 2.71. The normalized spacial score (nSPS) is 17.2. The van der Waals surface area contributed by atoms with E-state index in [4.69, 9.17) is 5.11 Å². The van der Waals surface area contributed by atoms with E-state index in [0.29, 0.717) is 12.2 Å². The summed E-state index contributed by atoms with van der Waals surface area (Å²) in [7, 11) is 1.75. The molecule has 1 fully saturated rings. The van der Waals surface area contributed by atoms with Crippen molar-refractivity contribution >= 4 is 5.91 Å². The van der Waals surface area contributed by atoms with Crippen LogP contribution in [0.25, 0.3) is 0 Å². The minimum atomic E-state index is -0.122. The summed E-state index contributed by atoms with van der Waals surface area (Å²) in [4.78, 5) is 11.8. The number of aliphatic hydroxyl groups is 1. The molecule has 1 aromatic heterocycles. The van der Waals surface area contributed by atoms with Crippen LogP contribution in [0.5, 0.6) is 0 Å². The van der Waals surface area contributed by atoms with Crippen molar-refractivity contribution in [2.45, 2.75) is 19.8 Å². The summed E-state index contributed by atoms with van der Waals surface area (Å²) in [6.45, 7) is 2.55. The van der Waals surface area contributed by atoms with Crippen molar-refractivity contribution in [3.63, 3.8) is 0 Å². The zero-order chi connectivity index (χ0) is 11.8. The fraction of sp³-hybridized carbons (Fsp3) is 0.636. The highest BCUT2D eigenvalue weighted by Gasteiger charge is 2.42. The van der Waals surface area contributed by atoms with E-state index in [2.05, 4.69) is 10.4 Å². The van der Waals surface area contributed by atoms with Gasteiger partial charge in [-0.25, -0.2) is 0 Å². The number of hydrogen-bond donors (Lipinski definition) is 2. The summed E-state index contributed by atoms with van der Waals surface area (Å²) in [5, 5.41) is 16.1. The van der Waals surface area contributed by atoms with Crippen LogP contribution in [0.1, 0.15) is 29.0 Å². The Bertz CT molecular complexity index is 407. The summed E-state index contributed by atoms with van der Waals surface area (Å²) >= 11 is 0. The first-order valence-electron chi connectivity index (χ1n) is 5.46. The standard InChI is InChI=1S/C11H17N3O2/c1-8-5-9(14(2)13-8)10(16)12-6-11(7-15)3-4-11/h5,15H,3-4,6-7H2,1-2H3,(H,12,16). The molecule has 1 saturated carbocycles. The van der Waals surface area contributed by atoms with E-state index >= 15 is 0 Å². The van der Waals surface area contributed by atoms with Crippen LogP contribution < -0.4 is 5.32 Å². The van der Waals surface area contributed by atoms with Crippen LogP contribution in [0.4, 0.5) is 0 Å². The van der Waals surface area contributed by atoms with E-state index < -0.39 is 0 Å². The van der Waals surface area contributed by atoms with Crippen molar-refractivity contribution in [2.24, 2.45) is 12.5 Å². The summed E-state index contributed by atoms with van der Waals surface area (Å²) in [6.07, 6.45) is 1.99. The molecule has 1 heterocycles. The average Bonchev–Trinajstić information content (AvgIpc) is 2.96. The topological polar surface area (TPSA) is 67.2 Å².